The van der Waals surface area contributed by atoms with Crippen molar-refractivity contribution >= 4 is 23.2 Å². The lowest BCUT2D eigenvalue weighted by Gasteiger charge is -2.06. The Kier molecular flexibility index (Phi) is 4.26. The van der Waals surface area contributed by atoms with E-state index in [4.69, 9.17) is 11.6 Å². The maximum atomic E-state index is 13.6. The second-order valence-electron chi connectivity index (χ2n) is 4.99. The molecular weight excluding hydrogens is 338 g/mol. The molecule has 0 bridgehead atoms. The molecule has 0 atom stereocenters. The van der Waals surface area contributed by atoms with Crippen molar-refractivity contribution in [1.82, 2.24) is 15.0 Å². The summed E-state index contributed by atoms with van der Waals surface area (Å²) in [6.45, 7) is 1.66. The van der Waals surface area contributed by atoms with Gasteiger partial charge in [-0.1, -0.05) is 16.8 Å². The van der Waals surface area contributed by atoms with Crippen LogP contribution < -0.4 is 5.32 Å². The number of hydrogen-bond donors (Lipinski definition) is 1. The number of nitrogens with zero attached hydrogens (tertiary/aromatic N) is 3. The van der Waals surface area contributed by atoms with Crippen molar-refractivity contribution in [3.05, 3.63) is 70.5 Å². The first-order valence-electron chi connectivity index (χ1n) is 6.90. The molecule has 122 valence electrons. The van der Waals surface area contributed by atoms with Gasteiger partial charge in [0.1, 0.15) is 11.6 Å². The van der Waals surface area contributed by atoms with Crippen molar-refractivity contribution in [1.29, 1.82) is 0 Å². The molecule has 3 rings (SSSR count). The summed E-state index contributed by atoms with van der Waals surface area (Å²) in [6.07, 6.45) is 0. The molecule has 5 nitrogen and oxygen atoms in total. The Balaban J connectivity index is 1.87. The van der Waals surface area contributed by atoms with Gasteiger partial charge in [-0.05, 0) is 43.3 Å². The number of amides is 1. The number of halogens is 3. The zero-order valence-corrected chi connectivity index (χ0v) is 13.2. The summed E-state index contributed by atoms with van der Waals surface area (Å²) in [7, 11) is 0. The van der Waals surface area contributed by atoms with E-state index in [-0.39, 0.29) is 11.4 Å². The molecule has 0 fully saturated rings. The van der Waals surface area contributed by atoms with Gasteiger partial charge in [0.2, 0.25) is 0 Å². The highest BCUT2D eigenvalue weighted by Crippen LogP contribution is 2.18. The SMILES string of the molecule is Cc1c(C(=O)Nc2ccc(F)cc2F)nnn1-c1ccc(Cl)cc1. The van der Waals surface area contributed by atoms with Crippen LogP contribution in [0.5, 0.6) is 0 Å². The molecule has 0 aliphatic carbocycles. The Morgan fingerprint density at radius 1 is 1.17 bits per heavy atom. The molecule has 0 spiro atoms. The van der Waals surface area contributed by atoms with Crippen LogP contribution in [0.1, 0.15) is 16.2 Å². The third-order valence-corrected chi connectivity index (χ3v) is 3.61. The normalized spacial score (nSPS) is 10.7. The maximum absolute atomic E-state index is 13.6. The van der Waals surface area contributed by atoms with Gasteiger partial charge in [-0.3, -0.25) is 4.79 Å². The summed E-state index contributed by atoms with van der Waals surface area (Å²) in [6, 6.07) is 9.71. The maximum Gasteiger partial charge on any atom is 0.278 e. The van der Waals surface area contributed by atoms with Crippen LogP contribution in [-0.2, 0) is 0 Å². The Hall–Kier alpha value is -2.80. The third-order valence-electron chi connectivity index (χ3n) is 3.36. The number of rotatable bonds is 3. The fourth-order valence-electron chi connectivity index (χ4n) is 2.14. The van der Waals surface area contributed by atoms with Crippen LogP contribution >= 0.6 is 11.6 Å². The monoisotopic (exact) mass is 348 g/mol. The lowest BCUT2D eigenvalue weighted by molar-refractivity contribution is 0.102. The predicted molar refractivity (Wildman–Crippen MR) is 85.4 cm³/mol. The molecule has 2 aromatic carbocycles. The molecule has 0 saturated carbocycles. The molecule has 0 aliphatic heterocycles. The first-order valence-corrected chi connectivity index (χ1v) is 7.28. The predicted octanol–water partition coefficient (Wildman–Crippen LogP) is 3.76. The second-order valence-corrected chi connectivity index (χ2v) is 5.43. The van der Waals surface area contributed by atoms with E-state index < -0.39 is 17.5 Å². The van der Waals surface area contributed by atoms with Crippen molar-refractivity contribution in [3.63, 3.8) is 0 Å². The van der Waals surface area contributed by atoms with E-state index in [1.54, 1.807) is 31.2 Å². The largest absolute Gasteiger partial charge is 0.318 e. The van der Waals surface area contributed by atoms with Crippen molar-refractivity contribution in [2.75, 3.05) is 5.32 Å². The van der Waals surface area contributed by atoms with Gasteiger partial charge in [0.25, 0.3) is 5.91 Å². The van der Waals surface area contributed by atoms with E-state index in [0.717, 1.165) is 12.1 Å². The standard InChI is InChI=1S/C16H11ClF2N4O/c1-9-15(16(24)20-14-7-4-11(18)8-13(14)19)21-22-23(9)12-5-2-10(17)3-6-12/h2-8H,1H3,(H,20,24). The summed E-state index contributed by atoms with van der Waals surface area (Å²) in [4.78, 5) is 12.3. The van der Waals surface area contributed by atoms with Crippen molar-refractivity contribution < 1.29 is 13.6 Å². The van der Waals surface area contributed by atoms with Gasteiger partial charge in [-0.25, -0.2) is 13.5 Å². The lowest BCUT2D eigenvalue weighted by atomic mass is 10.2. The number of carbonyl (C=O) groups excluding carboxylic acids is 1. The van der Waals surface area contributed by atoms with Crippen LogP contribution in [0.3, 0.4) is 0 Å². The summed E-state index contributed by atoms with van der Waals surface area (Å²) < 4.78 is 28.0. The highest BCUT2D eigenvalue weighted by atomic mass is 35.5. The van der Waals surface area contributed by atoms with Crippen LogP contribution in [0.15, 0.2) is 42.5 Å². The zero-order valence-electron chi connectivity index (χ0n) is 12.4. The Morgan fingerprint density at radius 3 is 2.54 bits per heavy atom. The number of aromatic nitrogens is 3. The molecule has 1 heterocycles. The van der Waals surface area contributed by atoms with Gasteiger partial charge in [0.15, 0.2) is 5.69 Å². The summed E-state index contributed by atoms with van der Waals surface area (Å²) >= 11 is 5.84. The lowest BCUT2D eigenvalue weighted by Crippen LogP contribution is -2.15. The van der Waals surface area contributed by atoms with E-state index in [2.05, 4.69) is 15.6 Å². The number of anilines is 1. The van der Waals surface area contributed by atoms with Crippen molar-refractivity contribution in [2.45, 2.75) is 6.92 Å². The van der Waals surface area contributed by atoms with Crippen molar-refractivity contribution in [3.8, 4) is 5.69 Å². The molecule has 1 N–H and O–H groups in total. The number of benzene rings is 2. The Bertz CT molecular complexity index is 909. The Labute approximate surface area is 140 Å². The molecular formula is C16H11ClF2N4O. The topological polar surface area (TPSA) is 59.8 Å². The molecule has 1 aromatic heterocycles. The van der Waals surface area contributed by atoms with Gasteiger partial charge in [-0.2, -0.15) is 0 Å². The van der Waals surface area contributed by atoms with Crippen molar-refractivity contribution in [2.24, 2.45) is 0 Å². The van der Waals surface area contributed by atoms with Crippen LogP contribution in [-0.4, -0.2) is 20.9 Å². The van der Waals surface area contributed by atoms with Crippen LogP contribution in [0.4, 0.5) is 14.5 Å². The molecule has 0 saturated heterocycles. The summed E-state index contributed by atoms with van der Waals surface area (Å²) in [5, 5.41) is 10.7. The minimum Gasteiger partial charge on any atom is -0.318 e. The van der Waals surface area contributed by atoms with Gasteiger partial charge in [0, 0.05) is 11.1 Å². The number of hydrogen-bond acceptors (Lipinski definition) is 3. The molecule has 0 radical (unpaired) electrons. The minimum absolute atomic E-state index is 0.0358. The van der Waals surface area contributed by atoms with E-state index in [9.17, 15) is 13.6 Å². The average Bonchev–Trinajstić information content (AvgIpc) is 2.92. The molecule has 1 amide bonds. The van der Waals surface area contributed by atoms with Gasteiger partial charge >= 0.3 is 0 Å². The summed E-state index contributed by atoms with van der Waals surface area (Å²) in [5.41, 5.74) is 1.05. The van der Waals surface area contributed by atoms with E-state index in [0.29, 0.717) is 22.5 Å². The van der Waals surface area contributed by atoms with E-state index >= 15 is 0 Å². The Morgan fingerprint density at radius 2 is 1.88 bits per heavy atom. The number of carbonyl (C=O) groups is 1. The zero-order chi connectivity index (χ0) is 17.3. The van der Waals surface area contributed by atoms with Gasteiger partial charge in [-0.15, -0.1) is 5.10 Å². The highest BCUT2D eigenvalue weighted by molar-refractivity contribution is 6.30. The molecule has 8 heteroatoms. The van der Waals surface area contributed by atoms with Crippen LogP contribution in [0.25, 0.3) is 5.69 Å². The fraction of sp³-hybridized carbons (Fsp3) is 0.0625. The molecule has 0 unspecified atom stereocenters. The van der Waals surface area contributed by atoms with Crippen LogP contribution in [0, 0.1) is 18.6 Å². The van der Waals surface area contributed by atoms with E-state index in [1.807, 2.05) is 0 Å². The molecule has 0 aliphatic rings. The number of nitrogens with one attached hydrogen (secondary N) is 1. The first-order chi connectivity index (χ1) is 11.5. The summed E-state index contributed by atoms with van der Waals surface area (Å²) in [5.74, 6) is -2.24. The van der Waals surface area contributed by atoms with Crippen LogP contribution in [0.2, 0.25) is 5.02 Å². The minimum atomic E-state index is -0.869. The smallest absolute Gasteiger partial charge is 0.278 e. The first kappa shape index (κ1) is 16.1. The van der Waals surface area contributed by atoms with Gasteiger partial charge in [0.05, 0.1) is 17.1 Å². The average molecular weight is 349 g/mol. The molecule has 24 heavy (non-hydrogen) atoms. The quantitative estimate of drug-likeness (QED) is 0.784. The molecule has 3 aromatic rings. The fourth-order valence-corrected chi connectivity index (χ4v) is 2.26. The van der Waals surface area contributed by atoms with Gasteiger partial charge < -0.3 is 5.32 Å². The van der Waals surface area contributed by atoms with E-state index in [1.165, 1.54) is 4.68 Å². The highest BCUT2D eigenvalue weighted by Gasteiger charge is 2.18. The third kappa shape index (κ3) is 3.11. The second kappa shape index (κ2) is 6.37.